The summed E-state index contributed by atoms with van der Waals surface area (Å²) in [7, 11) is 1.68. The van der Waals surface area contributed by atoms with Gasteiger partial charge in [0.05, 0.1) is 36.0 Å². The fourth-order valence-corrected chi connectivity index (χ4v) is 8.12. The lowest BCUT2D eigenvalue weighted by Crippen LogP contribution is -2.56. The lowest BCUT2D eigenvalue weighted by Gasteiger charge is -2.56. The van der Waals surface area contributed by atoms with Crippen molar-refractivity contribution in [1.82, 2.24) is 9.88 Å². The van der Waals surface area contributed by atoms with Crippen LogP contribution in [0.5, 0.6) is 5.75 Å². The zero-order valence-electron chi connectivity index (χ0n) is 19.3. The first-order valence-electron chi connectivity index (χ1n) is 12.2. The molecule has 0 radical (unpaired) electrons. The number of benzene rings is 1. The van der Waals surface area contributed by atoms with E-state index in [0.717, 1.165) is 91.0 Å². The first kappa shape index (κ1) is 23.3. The summed E-state index contributed by atoms with van der Waals surface area (Å²) in [5, 5.41) is 0.849. The number of fused-ring (bicyclic) bond motifs is 1. The lowest BCUT2D eigenvalue weighted by atomic mass is 9.49. The number of halogens is 1. The minimum Gasteiger partial charge on any atom is -0.497 e. The highest BCUT2D eigenvalue weighted by Crippen LogP contribution is 2.60. The summed E-state index contributed by atoms with van der Waals surface area (Å²) in [6.45, 7) is 5.03. The zero-order valence-corrected chi connectivity index (χ0v) is 21.0. The molecule has 1 amide bonds. The van der Waals surface area contributed by atoms with Crippen molar-refractivity contribution >= 4 is 45.0 Å². The molecule has 4 aliphatic carbocycles. The molecule has 0 spiro atoms. The van der Waals surface area contributed by atoms with Crippen molar-refractivity contribution < 1.29 is 14.3 Å². The minimum absolute atomic E-state index is 0. The maximum Gasteiger partial charge on any atom is 0.235 e. The Balaban J connectivity index is 0.00000228. The molecule has 33 heavy (non-hydrogen) atoms. The van der Waals surface area contributed by atoms with Gasteiger partial charge in [0.2, 0.25) is 5.91 Å². The summed E-state index contributed by atoms with van der Waals surface area (Å²) in [5.41, 5.74) is 0.758. The Morgan fingerprint density at radius 2 is 1.85 bits per heavy atom. The maximum atomic E-state index is 14.3. The van der Waals surface area contributed by atoms with E-state index in [0.29, 0.717) is 12.5 Å². The standard InChI is InChI=1S/C25H33N3O3S.ClH/c1-30-20-2-3-22-21(13-20)26-24(32-22)28(5-4-27-6-8-31-9-7-27)23(29)25-14-17-10-18(15-25)12-19(11-17)16-25;/h2-3,13,17-19H,4-12,14-16H2,1H3;1H. The summed E-state index contributed by atoms with van der Waals surface area (Å²) in [6, 6.07) is 6.01. The molecule has 4 saturated carbocycles. The van der Waals surface area contributed by atoms with Crippen LogP contribution in [0.25, 0.3) is 10.2 Å². The molecule has 2 aromatic rings. The summed E-state index contributed by atoms with van der Waals surface area (Å²) in [4.78, 5) is 23.7. The number of hydrogen-bond acceptors (Lipinski definition) is 6. The molecule has 1 saturated heterocycles. The summed E-state index contributed by atoms with van der Waals surface area (Å²) >= 11 is 1.64. The van der Waals surface area contributed by atoms with Crippen LogP contribution in [0.2, 0.25) is 0 Å². The van der Waals surface area contributed by atoms with E-state index in [1.165, 1.54) is 19.3 Å². The second-order valence-electron chi connectivity index (χ2n) is 10.4. The largest absolute Gasteiger partial charge is 0.497 e. The summed E-state index contributed by atoms with van der Waals surface area (Å²) < 4.78 is 12.0. The van der Waals surface area contributed by atoms with Crippen molar-refractivity contribution in [2.75, 3.05) is 51.4 Å². The molecule has 8 heteroatoms. The first-order chi connectivity index (χ1) is 15.6. The van der Waals surface area contributed by atoms with Gasteiger partial charge in [-0.1, -0.05) is 11.3 Å². The van der Waals surface area contributed by atoms with Crippen molar-refractivity contribution in [2.24, 2.45) is 23.2 Å². The number of ether oxygens (including phenoxy) is 2. The molecule has 5 aliphatic rings. The molecule has 0 atom stereocenters. The fraction of sp³-hybridized carbons (Fsp3) is 0.680. The van der Waals surface area contributed by atoms with E-state index >= 15 is 0 Å². The minimum atomic E-state index is -0.157. The van der Waals surface area contributed by atoms with E-state index in [1.54, 1.807) is 18.4 Å². The number of carbonyl (C=O) groups is 1. The Labute approximate surface area is 206 Å². The van der Waals surface area contributed by atoms with Gasteiger partial charge in [-0.3, -0.25) is 14.6 Å². The number of thiazole rings is 1. The van der Waals surface area contributed by atoms with Crippen molar-refractivity contribution in [3.63, 3.8) is 0 Å². The zero-order chi connectivity index (χ0) is 21.7. The SMILES string of the molecule is COc1ccc2sc(N(CCN3CCOCC3)C(=O)C34CC5CC(CC(C5)C3)C4)nc2c1.Cl. The number of nitrogens with zero attached hydrogens (tertiary/aromatic N) is 3. The Morgan fingerprint density at radius 3 is 2.48 bits per heavy atom. The smallest absolute Gasteiger partial charge is 0.235 e. The van der Waals surface area contributed by atoms with Crippen LogP contribution in [0.4, 0.5) is 5.13 Å². The van der Waals surface area contributed by atoms with E-state index in [9.17, 15) is 4.79 Å². The van der Waals surface area contributed by atoms with E-state index in [4.69, 9.17) is 14.5 Å². The average Bonchev–Trinajstić information content (AvgIpc) is 3.22. The fourth-order valence-electron chi connectivity index (χ4n) is 7.15. The number of rotatable bonds is 6. The number of carbonyl (C=O) groups excluding carboxylic acids is 1. The Bertz CT molecular complexity index is 971. The molecule has 7 rings (SSSR count). The van der Waals surface area contributed by atoms with Gasteiger partial charge in [-0.25, -0.2) is 4.98 Å². The second kappa shape index (κ2) is 9.33. The van der Waals surface area contributed by atoms with Gasteiger partial charge < -0.3 is 9.47 Å². The van der Waals surface area contributed by atoms with Gasteiger partial charge in [-0.15, -0.1) is 12.4 Å². The van der Waals surface area contributed by atoms with Crippen LogP contribution in [-0.2, 0) is 9.53 Å². The topological polar surface area (TPSA) is 54.9 Å². The van der Waals surface area contributed by atoms with Crippen molar-refractivity contribution in [2.45, 2.75) is 38.5 Å². The molecule has 4 bridgehead atoms. The van der Waals surface area contributed by atoms with Crippen LogP contribution in [0.15, 0.2) is 18.2 Å². The molecule has 0 N–H and O–H groups in total. The highest BCUT2D eigenvalue weighted by Gasteiger charge is 2.56. The van der Waals surface area contributed by atoms with Gasteiger partial charge in [0.15, 0.2) is 5.13 Å². The molecule has 2 heterocycles. The second-order valence-corrected chi connectivity index (χ2v) is 11.4. The molecule has 1 aromatic carbocycles. The van der Waals surface area contributed by atoms with E-state index in [2.05, 4.69) is 15.9 Å². The van der Waals surface area contributed by atoms with Crippen molar-refractivity contribution in [1.29, 1.82) is 0 Å². The molecular weight excluding hydrogens is 458 g/mol. The molecular formula is C25H34ClN3O3S. The highest BCUT2D eigenvalue weighted by molar-refractivity contribution is 7.22. The quantitative estimate of drug-likeness (QED) is 0.590. The third-order valence-corrected chi connectivity index (χ3v) is 9.35. The molecule has 5 fully saturated rings. The molecule has 1 aromatic heterocycles. The van der Waals surface area contributed by atoms with Crippen LogP contribution >= 0.6 is 23.7 Å². The molecule has 180 valence electrons. The number of morpholine rings is 1. The molecule has 1 aliphatic heterocycles. The Kier molecular flexibility index (Phi) is 6.60. The van der Waals surface area contributed by atoms with E-state index in [-0.39, 0.29) is 17.8 Å². The number of amides is 1. The number of hydrogen-bond donors (Lipinski definition) is 0. The average molecular weight is 492 g/mol. The third kappa shape index (κ3) is 4.38. The summed E-state index contributed by atoms with van der Waals surface area (Å²) in [6.07, 6.45) is 7.31. The normalized spacial score (nSPS) is 30.9. The number of methoxy groups -OCH3 is 1. The Hall–Kier alpha value is -1.41. The first-order valence-corrected chi connectivity index (χ1v) is 13.0. The van der Waals surface area contributed by atoms with Crippen LogP contribution in [0, 0.1) is 23.2 Å². The predicted molar refractivity (Wildman–Crippen MR) is 134 cm³/mol. The van der Waals surface area contributed by atoms with Gasteiger partial charge in [-0.2, -0.15) is 0 Å². The van der Waals surface area contributed by atoms with Crippen LogP contribution in [0.1, 0.15) is 38.5 Å². The van der Waals surface area contributed by atoms with Gasteiger partial charge in [0, 0.05) is 32.2 Å². The van der Waals surface area contributed by atoms with Gasteiger partial charge in [0.1, 0.15) is 5.75 Å². The van der Waals surface area contributed by atoms with Crippen LogP contribution < -0.4 is 9.64 Å². The van der Waals surface area contributed by atoms with Gasteiger partial charge >= 0.3 is 0 Å². The summed E-state index contributed by atoms with van der Waals surface area (Å²) in [5.74, 6) is 3.42. The third-order valence-electron chi connectivity index (χ3n) is 8.29. The lowest BCUT2D eigenvalue weighted by molar-refractivity contribution is -0.143. The van der Waals surface area contributed by atoms with Crippen LogP contribution in [-0.4, -0.2) is 62.3 Å². The predicted octanol–water partition coefficient (Wildman–Crippen LogP) is 4.61. The molecule has 6 nitrogen and oxygen atoms in total. The number of aromatic nitrogens is 1. The Morgan fingerprint density at radius 1 is 1.18 bits per heavy atom. The van der Waals surface area contributed by atoms with Crippen LogP contribution in [0.3, 0.4) is 0 Å². The van der Waals surface area contributed by atoms with Crippen molar-refractivity contribution in [3.8, 4) is 5.75 Å². The van der Waals surface area contributed by atoms with E-state index < -0.39 is 0 Å². The van der Waals surface area contributed by atoms with Gasteiger partial charge in [0.25, 0.3) is 0 Å². The number of anilines is 1. The monoisotopic (exact) mass is 491 g/mol. The molecule has 0 unspecified atom stereocenters. The highest BCUT2D eigenvalue weighted by atomic mass is 35.5. The van der Waals surface area contributed by atoms with E-state index in [1.807, 2.05) is 12.1 Å². The van der Waals surface area contributed by atoms with Gasteiger partial charge in [-0.05, 0) is 68.4 Å². The maximum absolute atomic E-state index is 14.3. The van der Waals surface area contributed by atoms with Crippen molar-refractivity contribution in [3.05, 3.63) is 18.2 Å².